The van der Waals surface area contributed by atoms with Gasteiger partial charge >= 0.3 is 0 Å². The molecular formula is C20H19NO2. The third-order valence-electron chi connectivity index (χ3n) is 3.73. The second-order valence-electron chi connectivity index (χ2n) is 5.24. The summed E-state index contributed by atoms with van der Waals surface area (Å²) < 4.78 is 11.5. The molecule has 0 spiro atoms. The molecule has 3 heteroatoms. The molecule has 1 aromatic heterocycles. The van der Waals surface area contributed by atoms with E-state index < -0.39 is 0 Å². The van der Waals surface area contributed by atoms with Crippen LogP contribution in [0.15, 0.2) is 73.4 Å². The lowest BCUT2D eigenvalue weighted by Crippen LogP contribution is -2.07. The summed E-state index contributed by atoms with van der Waals surface area (Å²) >= 11 is 0. The molecule has 1 heterocycles. The third kappa shape index (κ3) is 3.34. The molecule has 23 heavy (non-hydrogen) atoms. The second-order valence-corrected chi connectivity index (χ2v) is 5.24. The van der Waals surface area contributed by atoms with Crippen LogP contribution in [0, 0.1) is 0 Å². The number of rotatable bonds is 6. The van der Waals surface area contributed by atoms with Crippen molar-refractivity contribution in [3.63, 3.8) is 0 Å². The molecule has 3 aromatic rings. The van der Waals surface area contributed by atoms with Crippen molar-refractivity contribution in [1.82, 2.24) is 4.98 Å². The number of para-hydroxylation sites is 1. The standard InChI is InChI=1S/C20H19NO2/c1-3-6-18(15-10-12-17(22-2)13-11-15)23-19-9-4-7-16-8-5-14-21-20(16)19/h3-5,7-14,18H,1,6H2,2H3. The lowest BCUT2D eigenvalue weighted by atomic mass is 10.1. The number of hydrogen-bond acceptors (Lipinski definition) is 3. The van der Waals surface area contributed by atoms with Crippen LogP contribution in [-0.4, -0.2) is 12.1 Å². The Bertz CT molecular complexity index is 791. The summed E-state index contributed by atoms with van der Waals surface area (Å²) in [5.74, 6) is 1.61. The largest absolute Gasteiger partial charge is 0.497 e. The molecule has 0 bridgehead atoms. The predicted octanol–water partition coefficient (Wildman–Crippen LogP) is 4.94. The summed E-state index contributed by atoms with van der Waals surface area (Å²) in [5, 5.41) is 1.07. The van der Waals surface area contributed by atoms with E-state index in [-0.39, 0.29) is 6.10 Å². The summed E-state index contributed by atoms with van der Waals surface area (Å²) in [5.41, 5.74) is 1.95. The Labute approximate surface area is 136 Å². The van der Waals surface area contributed by atoms with E-state index in [4.69, 9.17) is 9.47 Å². The fourth-order valence-electron chi connectivity index (χ4n) is 2.55. The first-order valence-electron chi connectivity index (χ1n) is 7.57. The van der Waals surface area contributed by atoms with E-state index in [1.807, 2.05) is 60.7 Å². The number of hydrogen-bond donors (Lipinski definition) is 0. The molecule has 0 saturated heterocycles. The smallest absolute Gasteiger partial charge is 0.146 e. The van der Waals surface area contributed by atoms with Crippen molar-refractivity contribution in [3.8, 4) is 11.5 Å². The SMILES string of the molecule is C=CCC(Oc1cccc2cccnc12)c1ccc(OC)cc1. The molecule has 0 fully saturated rings. The molecule has 0 radical (unpaired) electrons. The number of methoxy groups -OCH3 is 1. The molecule has 3 nitrogen and oxygen atoms in total. The average Bonchev–Trinajstić information content (AvgIpc) is 2.62. The van der Waals surface area contributed by atoms with Crippen LogP contribution < -0.4 is 9.47 Å². The van der Waals surface area contributed by atoms with Gasteiger partial charge in [0.15, 0.2) is 0 Å². The van der Waals surface area contributed by atoms with E-state index in [2.05, 4.69) is 11.6 Å². The zero-order valence-corrected chi connectivity index (χ0v) is 13.1. The van der Waals surface area contributed by atoms with Gasteiger partial charge in [0.1, 0.15) is 23.1 Å². The topological polar surface area (TPSA) is 31.4 Å². The molecule has 1 unspecified atom stereocenters. The molecule has 0 saturated carbocycles. The van der Waals surface area contributed by atoms with Crippen molar-refractivity contribution in [2.45, 2.75) is 12.5 Å². The van der Waals surface area contributed by atoms with Crippen molar-refractivity contribution in [2.24, 2.45) is 0 Å². The van der Waals surface area contributed by atoms with Gasteiger partial charge in [-0.05, 0) is 29.8 Å². The first-order valence-corrected chi connectivity index (χ1v) is 7.57. The molecule has 1 atom stereocenters. The lowest BCUT2D eigenvalue weighted by molar-refractivity contribution is 0.211. The number of ether oxygens (including phenoxy) is 2. The van der Waals surface area contributed by atoms with E-state index >= 15 is 0 Å². The van der Waals surface area contributed by atoms with Crippen molar-refractivity contribution in [3.05, 3.63) is 79.0 Å². The molecule has 116 valence electrons. The third-order valence-corrected chi connectivity index (χ3v) is 3.73. The van der Waals surface area contributed by atoms with E-state index in [0.29, 0.717) is 0 Å². The van der Waals surface area contributed by atoms with Crippen molar-refractivity contribution in [2.75, 3.05) is 7.11 Å². The summed E-state index contributed by atoms with van der Waals surface area (Å²) in [6, 6.07) is 17.9. The van der Waals surface area contributed by atoms with Crippen molar-refractivity contribution < 1.29 is 9.47 Å². The number of aromatic nitrogens is 1. The molecule has 0 aliphatic rings. The van der Waals surface area contributed by atoms with Gasteiger partial charge in [-0.3, -0.25) is 4.98 Å². The number of pyridine rings is 1. The normalized spacial score (nSPS) is 11.9. The van der Waals surface area contributed by atoms with E-state index in [1.54, 1.807) is 13.3 Å². The summed E-state index contributed by atoms with van der Waals surface area (Å²) in [7, 11) is 1.66. The van der Waals surface area contributed by atoms with Crippen LogP contribution in [0.4, 0.5) is 0 Å². The minimum Gasteiger partial charge on any atom is -0.497 e. The molecular weight excluding hydrogens is 286 g/mol. The minimum atomic E-state index is -0.106. The van der Waals surface area contributed by atoms with Crippen LogP contribution in [0.25, 0.3) is 10.9 Å². The van der Waals surface area contributed by atoms with Gasteiger partial charge in [0.25, 0.3) is 0 Å². The highest BCUT2D eigenvalue weighted by molar-refractivity contribution is 5.84. The number of nitrogens with zero attached hydrogens (tertiary/aromatic N) is 1. The van der Waals surface area contributed by atoms with Crippen LogP contribution in [0.1, 0.15) is 18.1 Å². The van der Waals surface area contributed by atoms with Gasteiger partial charge in [-0.15, -0.1) is 6.58 Å². The van der Waals surface area contributed by atoms with Gasteiger partial charge in [-0.1, -0.05) is 36.4 Å². The number of benzene rings is 2. The zero-order chi connectivity index (χ0) is 16.1. The van der Waals surface area contributed by atoms with Crippen molar-refractivity contribution in [1.29, 1.82) is 0 Å². The maximum absolute atomic E-state index is 6.25. The highest BCUT2D eigenvalue weighted by Gasteiger charge is 2.14. The van der Waals surface area contributed by atoms with Crippen molar-refractivity contribution >= 4 is 10.9 Å². The van der Waals surface area contributed by atoms with Gasteiger partial charge in [0.2, 0.25) is 0 Å². The predicted molar refractivity (Wildman–Crippen MR) is 92.9 cm³/mol. The quantitative estimate of drug-likeness (QED) is 0.604. The van der Waals surface area contributed by atoms with Gasteiger partial charge in [0, 0.05) is 18.0 Å². The summed E-state index contributed by atoms with van der Waals surface area (Å²) in [4.78, 5) is 4.44. The molecule has 0 aliphatic carbocycles. The van der Waals surface area contributed by atoms with Crippen LogP contribution >= 0.6 is 0 Å². The van der Waals surface area contributed by atoms with E-state index in [0.717, 1.165) is 34.4 Å². The summed E-state index contributed by atoms with van der Waals surface area (Å²) in [6.07, 6.45) is 4.26. The molecule has 0 aliphatic heterocycles. The Morgan fingerprint density at radius 1 is 1.09 bits per heavy atom. The van der Waals surface area contributed by atoms with Gasteiger partial charge in [-0.2, -0.15) is 0 Å². The summed E-state index contributed by atoms with van der Waals surface area (Å²) in [6.45, 7) is 3.84. The van der Waals surface area contributed by atoms with Crippen LogP contribution in [0.3, 0.4) is 0 Å². The Kier molecular flexibility index (Phi) is 4.57. The van der Waals surface area contributed by atoms with E-state index in [9.17, 15) is 0 Å². The molecule has 0 N–H and O–H groups in total. The van der Waals surface area contributed by atoms with Gasteiger partial charge in [0.05, 0.1) is 7.11 Å². The Hall–Kier alpha value is -2.81. The maximum atomic E-state index is 6.25. The second kappa shape index (κ2) is 6.97. The highest BCUT2D eigenvalue weighted by Crippen LogP contribution is 2.30. The minimum absolute atomic E-state index is 0.106. The monoisotopic (exact) mass is 305 g/mol. The average molecular weight is 305 g/mol. The fraction of sp³-hybridized carbons (Fsp3) is 0.150. The number of fused-ring (bicyclic) bond motifs is 1. The fourth-order valence-corrected chi connectivity index (χ4v) is 2.55. The van der Waals surface area contributed by atoms with E-state index in [1.165, 1.54) is 0 Å². The van der Waals surface area contributed by atoms with Crippen LogP contribution in [0.5, 0.6) is 11.5 Å². The zero-order valence-electron chi connectivity index (χ0n) is 13.1. The highest BCUT2D eigenvalue weighted by atomic mass is 16.5. The molecule has 0 amide bonds. The Morgan fingerprint density at radius 3 is 2.61 bits per heavy atom. The first-order chi connectivity index (χ1) is 11.3. The Morgan fingerprint density at radius 2 is 1.87 bits per heavy atom. The van der Waals surface area contributed by atoms with Gasteiger partial charge < -0.3 is 9.47 Å². The van der Waals surface area contributed by atoms with Crippen LogP contribution in [0.2, 0.25) is 0 Å². The Balaban J connectivity index is 1.93. The first kappa shape index (κ1) is 15.1. The van der Waals surface area contributed by atoms with Gasteiger partial charge in [-0.25, -0.2) is 0 Å². The molecule has 2 aromatic carbocycles. The molecule has 3 rings (SSSR count). The lowest BCUT2D eigenvalue weighted by Gasteiger charge is -2.19. The van der Waals surface area contributed by atoms with Crippen LogP contribution in [-0.2, 0) is 0 Å². The maximum Gasteiger partial charge on any atom is 0.146 e.